The van der Waals surface area contributed by atoms with Gasteiger partial charge in [-0.2, -0.15) is 9.50 Å². The van der Waals surface area contributed by atoms with Crippen molar-refractivity contribution in [3.8, 4) is 11.4 Å². The van der Waals surface area contributed by atoms with E-state index in [2.05, 4.69) is 15.4 Å². The van der Waals surface area contributed by atoms with E-state index in [9.17, 15) is 14.4 Å². The number of anilines is 1. The zero-order valence-electron chi connectivity index (χ0n) is 16.8. The van der Waals surface area contributed by atoms with Gasteiger partial charge in [-0.3, -0.25) is 14.4 Å². The van der Waals surface area contributed by atoms with E-state index >= 15 is 0 Å². The fraction of sp³-hybridized carbons (Fsp3) is 0.136. The van der Waals surface area contributed by atoms with Crippen LogP contribution < -0.4 is 10.9 Å². The van der Waals surface area contributed by atoms with Crippen molar-refractivity contribution < 1.29 is 9.59 Å². The van der Waals surface area contributed by atoms with E-state index in [4.69, 9.17) is 11.6 Å². The second kappa shape index (κ2) is 8.16. The van der Waals surface area contributed by atoms with Crippen molar-refractivity contribution in [3.05, 3.63) is 81.2 Å². The van der Waals surface area contributed by atoms with Crippen LogP contribution in [0.4, 0.5) is 5.69 Å². The number of benzene rings is 2. The lowest BCUT2D eigenvalue weighted by Crippen LogP contribution is -2.25. The second-order valence-corrected chi connectivity index (χ2v) is 7.49. The molecule has 1 amide bonds. The minimum atomic E-state index is -0.342. The molecule has 2 aromatic heterocycles. The van der Waals surface area contributed by atoms with Gasteiger partial charge in [0.1, 0.15) is 6.54 Å². The van der Waals surface area contributed by atoms with Crippen LogP contribution in [0.3, 0.4) is 0 Å². The van der Waals surface area contributed by atoms with Crippen molar-refractivity contribution in [2.24, 2.45) is 0 Å². The molecule has 0 unspecified atom stereocenters. The van der Waals surface area contributed by atoms with Crippen molar-refractivity contribution in [3.63, 3.8) is 0 Å². The number of carbonyl (C=O) groups excluding carboxylic acids is 2. The van der Waals surface area contributed by atoms with Crippen molar-refractivity contribution in [2.75, 3.05) is 5.32 Å². The number of halogens is 1. The average molecular weight is 436 g/mol. The molecule has 0 atom stereocenters. The van der Waals surface area contributed by atoms with Crippen LogP contribution in [0, 0.1) is 6.92 Å². The first-order chi connectivity index (χ1) is 14.8. The fourth-order valence-electron chi connectivity index (χ4n) is 3.18. The highest BCUT2D eigenvalue weighted by atomic mass is 35.5. The number of aryl methyl sites for hydroxylation is 1. The lowest BCUT2D eigenvalue weighted by molar-refractivity contribution is -0.116. The molecule has 0 spiro atoms. The fourth-order valence-corrected chi connectivity index (χ4v) is 3.30. The van der Waals surface area contributed by atoms with Gasteiger partial charge in [0.15, 0.2) is 11.6 Å². The van der Waals surface area contributed by atoms with Crippen LogP contribution in [-0.2, 0) is 11.3 Å². The van der Waals surface area contributed by atoms with Gasteiger partial charge in [-0.15, -0.1) is 5.10 Å². The van der Waals surface area contributed by atoms with Crippen molar-refractivity contribution >= 4 is 34.8 Å². The standard InChI is InChI=1S/C22H18ClN5O3/c1-13-10-20(31)28-22(25-21(26-28)15-6-8-17(23)9-7-15)27(13)12-19(30)24-18-5-3-4-16(11-18)14(2)29/h3-11H,12H2,1-2H3,(H,24,30). The maximum atomic E-state index is 12.7. The molecule has 2 heterocycles. The number of ketones is 1. The number of amides is 1. The number of nitrogens with one attached hydrogen (secondary N) is 1. The average Bonchev–Trinajstić information content (AvgIpc) is 3.18. The molecule has 0 fully saturated rings. The van der Waals surface area contributed by atoms with Crippen LogP contribution in [0.5, 0.6) is 0 Å². The predicted molar refractivity (Wildman–Crippen MR) is 118 cm³/mol. The summed E-state index contributed by atoms with van der Waals surface area (Å²) in [6.07, 6.45) is 0. The molecule has 0 aliphatic heterocycles. The largest absolute Gasteiger partial charge is 0.325 e. The minimum absolute atomic E-state index is 0.0847. The highest BCUT2D eigenvalue weighted by molar-refractivity contribution is 6.30. The highest BCUT2D eigenvalue weighted by Crippen LogP contribution is 2.19. The molecule has 31 heavy (non-hydrogen) atoms. The number of carbonyl (C=O) groups is 2. The Morgan fingerprint density at radius 1 is 1.10 bits per heavy atom. The summed E-state index contributed by atoms with van der Waals surface area (Å²) in [4.78, 5) is 41.2. The van der Waals surface area contributed by atoms with Crippen LogP contribution >= 0.6 is 11.6 Å². The van der Waals surface area contributed by atoms with E-state index in [0.717, 1.165) is 0 Å². The molecule has 0 bridgehead atoms. The lowest BCUT2D eigenvalue weighted by Gasteiger charge is -2.12. The van der Waals surface area contributed by atoms with Gasteiger partial charge >= 0.3 is 0 Å². The number of fused-ring (bicyclic) bond motifs is 1. The zero-order valence-corrected chi connectivity index (χ0v) is 17.6. The van der Waals surface area contributed by atoms with Gasteiger partial charge in [-0.25, -0.2) is 0 Å². The van der Waals surface area contributed by atoms with E-state index in [1.54, 1.807) is 60.0 Å². The molecule has 0 radical (unpaired) electrons. The molecule has 2 aromatic carbocycles. The molecule has 156 valence electrons. The SMILES string of the molecule is CC(=O)c1cccc(NC(=O)Cn2c(C)cc(=O)n3nc(-c4ccc(Cl)cc4)nc23)c1. The Labute approximate surface area is 182 Å². The lowest BCUT2D eigenvalue weighted by atomic mass is 10.1. The van der Waals surface area contributed by atoms with Crippen LogP contribution in [0.1, 0.15) is 23.0 Å². The summed E-state index contributed by atoms with van der Waals surface area (Å²) in [5.74, 6) is 0.183. The molecule has 1 N–H and O–H groups in total. The quantitative estimate of drug-likeness (QED) is 0.485. The van der Waals surface area contributed by atoms with Gasteiger partial charge in [0.25, 0.3) is 5.56 Å². The van der Waals surface area contributed by atoms with Gasteiger partial charge < -0.3 is 9.88 Å². The van der Waals surface area contributed by atoms with Gasteiger partial charge in [-0.05, 0) is 50.2 Å². The van der Waals surface area contributed by atoms with Crippen LogP contribution in [0.25, 0.3) is 17.2 Å². The Bertz CT molecular complexity index is 1370. The van der Waals surface area contributed by atoms with Crippen LogP contribution in [0.2, 0.25) is 5.02 Å². The third-order valence-electron chi connectivity index (χ3n) is 4.76. The number of rotatable bonds is 5. The highest BCUT2D eigenvalue weighted by Gasteiger charge is 2.16. The maximum Gasteiger partial charge on any atom is 0.275 e. The number of hydrogen-bond donors (Lipinski definition) is 1. The van der Waals surface area contributed by atoms with Crippen molar-refractivity contribution in [2.45, 2.75) is 20.4 Å². The van der Waals surface area contributed by atoms with Gasteiger partial charge in [0, 0.05) is 33.6 Å². The van der Waals surface area contributed by atoms with Gasteiger partial charge in [-0.1, -0.05) is 23.7 Å². The normalized spacial score (nSPS) is 10.9. The Kier molecular flexibility index (Phi) is 5.39. The summed E-state index contributed by atoms with van der Waals surface area (Å²) in [7, 11) is 0. The Hall–Kier alpha value is -3.78. The third-order valence-corrected chi connectivity index (χ3v) is 5.01. The molecular weight excluding hydrogens is 418 g/mol. The Balaban J connectivity index is 1.67. The zero-order chi connectivity index (χ0) is 22.1. The molecular formula is C22H18ClN5O3. The van der Waals surface area contributed by atoms with E-state index in [1.165, 1.54) is 17.5 Å². The summed E-state index contributed by atoms with van der Waals surface area (Å²) in [6.45, 7) is 3.10. The summed E-state index contributed by atoms with van der Waals surface area (Å²) in [5.41, 5.74) is 1.94. The summed E-state index contributed by atoms with van der Waals surface area (Å²) in [5, 5.41) is 7.65. The molecule has 0 saturated carbocycles. The number of nitrogens with zero attached hydrogens (tertiary/aromatic N) is 4. The molecule has 9 heteroatoms. The van der Waals surface area contributed by atoms with E-state index in [1.807, 2.05) is 0 Å². The first-order valence-electron chi connectivity index (χ1n) is 9.46. The topological polar surface area (TPSA) is 98.4 Å². The molecule has 4 rings (SSSR count). The van der Waals surface area contributed by atoms with Crippen molar-refractivity contribution in [1.82, 2.24) is 19.2 Å². The maximum absolute atomic E-state index is 12.7. The summed E-state index contributed by atoms with van der Waals surface area (Å²) >= 11 is 5.94. The molecule has 0 saturated heterocycles. The second-order valence-electron chi connectivity index (χ2n) is 7.05. The molecule has 0 aliphatic carbocycles. The smallest absolute Gasteiger partial charge is 0.275 e. The monoisotopic (exact) mass is 435 g/mol. The van der Waals surface area contributed by atoms with E-state index in [-0.39, 0.29) is 29.6 Å². The van der Waals surface area contributed by atoms with Crippen LogP contribution in [0.15, 0.2) is 59.4 Å². The van der Waals surface area contributed by atoms with Gasteiger partial charge in [0.2, 0.25) is 11.7 Å². The predicted octanol–water partition coefficient (Wildman–Crippen LogP) is 3.36. The van der Waals surface area contributed by atoms with Gasteiger partial charge in [0.05, 0.1) is 0 Å². The minimum Gasteiger partial charge on any atom is -0.325 e. The van der Waals surface area contributed by atoms with E-state index < -0.39 is 0 Å². The third kappa shape index (κ3) is 4.24. The first kappa shape index (κ1) is 20.5. The summed E-state index contributed by atoms with van der Waals surface area (Å²) in [6, 6.07) is 15.0. The van der Waals surface area contributed by atoms with E-state index in [0.29, 0.717) is 33.4 Å². The summed E-state index contributed by atoms with van der Waals surface area (Å²) < 4.78 is 2.78. The molecule has 4 aromatic rings. The molecule has 8 nitrogen and oxygen atoms in total. The van der Waals surface area contributed by atoms with Crippen molar-refractivity contribution in [1.29, 1.82) is 0 Å². The first-order valence-corrected chi connectivity index (χ1v) is 9.83. The Morgan fingerprint density at radius 2 is 1.84 bits per heavy atom. The Morgan fingerprint density at radius 3 is 2.55 bits per heavy atom. The number of hydrogen-bond acceptors (Lipinski definition) is 5. The number of aromatic nitrogens is 4. The molecule has 0 aliphatic rings. The number of Topliss-reactive ketones (excluding diaryl/α,β-unsaturated/α-hetero) is 1. The van der Waals surface area contributed by atoms with Crippen LogP contribution in [-0.4, -0.2) is 30.9 Å².